The molecule has 0 aliphatic heterocycles. The van der Waals surface area contributed by atoms with Crippen molar-refractivity contribution in [2.24, 2.45) is 23.7 Å². The molecule has 0 bridgehead atoms. The molecule has 2 aliphatic carbocycles. The molecule has 0 radical (unpaired) electrons. The van der Waals surface area contributed by atoms with Gasteiger partial charge in [-0.05, 0) is 68.9 Å². The standard InChI is InChI=1S/C19H38N2/c1-6-20-19-12-15(4)11-16(5)18(19)13-21(17-7-8-17)10-9-14(2)3/h14-20H,6-13H2,1-5H3. The number of nitrogens with zero attached hydrogens (tertiary/aromatic N) is 1. The molecule has 0 spiro atoms. The molecule has 4 atom stereocenters. The molecule has 2 aliphatic rings. The second-order valence-electron chi connectivity index (χ2n) is 8.29. The molecule has 4 unspecified atom stereocenters. The molecule has 2 nitrogen and oxygen atoms in total. The second-order valence-corrected chi connectivity index (χ2v) is 8.29. The summed E-state index contributed by atoms with van der Waals surface area (Å²) in [6.07, 6.45) is 7.06. The van der Waals surface area contributed by atoms with E-state index in [1.807, 2.05) is 0 Å². The molecule has 0 amide bonds. The zero-order chi connectivity index (χ0) is 15.4. The molecule has 0 aromatic rings. The van der Waals surface area contributed by atoms with Crippen LogP contribution in [0, 0.1) is 23.7 Å². The molecular formula is C19H38N2. The summed E-state index contributed by atoms with van der Waals surface area (Å²) >= 11 is 0. The van der Waals surface area contributed by atoms with Crippen LogP contribution in [-0.2, 0) is 0 Å². The van der Waals surface area contributed by atoms with E-state index in [1.165, 1.54) is 45.2 Å². The summed E-state index contributed by atoms with van der Waals surface area (Å²) in [6.45, 7) is 15.7. The first-order chi connectivity index (χ1) is 10.0. The molecule has 2 heteroatoms. The van der Waals surface area contributed by atoms with Crippen molar-refractivity contribution in [3.05, 3.63) is 0 Å². The van der Waals surface area contributed by atoms with Crippen LogP contribution in [0.4, 0.5) is 0 Å². The molecule has 124 valence electrons. The third-order valence-electron chi connectivity index (χ3n) is 5.65. The van der Waals surface area contributed by atoms with Gasteiger partial charge in [0.25, 0.3) is 0 Å². The average Bonchev–Trinajstić information content (AvgIpc) is 3.21. The van der Waals surface area contributed by atoms with Gasteiger partial charge in [0.1, 0.15) is 0 Å². The molecule has 0 saturated heterocycles. The molecular weight excluding hydrogens is 256 g/mol. The molecule has 0 aromatic carbocycles. The highest BCUT2D eigenvalue weighted by molar-refractivity contribution is 4.92. The van der Waals surface area contributed by atoms with Gasteiger partial charge < -0.3 is 10.2 Å². The fourth-order valence-corrected chi connectivity index (χ4v) is 4.27. The van der Waals surface area contributed by atoms with Gasteiger partial charge in [0.15, 0.2) is 0 Å². The van der Waals surface area contributed by atoms with E-state index in [1.54, 1.807) is 0 Å². The predicted molar refractivity (Wildman–Crippen MR) is 92.6 cm³/mol. The maximum atomic E-state index is 3.80. The van der Waals surface area contributed by atoms with Gasteiger partial charge in [-0.2, -0.15) is 0 Å². The molecule has 2 saturated carbocycles. The summed E-state index contributed by atoms with van der Waals surface area (Å²) in [6, 6.07) is 1.66. The molecule has 2 fully saturated rings. The van der Waals surface area contributed by atoms with Gasteiger partial charge in [-0.15, -0.1) is 0 Å². The fraction of sp³-hybridized carbons (Fsp3) is 1.00. The van der Waals surface area contributed by atoms with Gasteiger partial charge in [-0.25, -0.2) is 0 Å². The minimum absolute atomic E-state index is 0.744. The van der Waals surface area contributed by atoms with E-state index < -0.39 is 0 Å². The van der Waals surface area contributed by atoms with Crippen LogP contribution in [-0.4, -0.2) is 36.6 Å². The number of hydrogen-bond acceptors (Lipinski definition) is 2. The van der Waals surface area contributed by atoms with Crippen LogP contribution in [0.15, 0.2) is 0 Å². The number of hydrogen-bond donors (Lipinski definition) is 1. The first-order valence-electron chi connectivity index (χ1n) is 9.48. The number of nitrogens with one attached hydrogen (secondary N) is 1. The Kier molecular flexibility index (Phi) is 6.55. The smallest absolute Gasteiger partial charge is 0.0112 e. The Morgan fingerprint density at radius 2 is 1.86 bits per heavy atom. The second kappa shape index (κ2) is 7.97. The topological polar surface area (TPSA) is 15.3 Å². The first kappa shape index (κ1) is 17.3. The Bertz CT molecular complexity index is 298. The van der Waals surface area contributed by atoms with Gasteiger partial charge >= 0.3 is 0 Å². The highest BCUT2D eigenvalue weighted by atomic mass is 15.2. The lowest BCUT2D eigenvalue weighted by molar-refractivity contribution is 0.0956. The zero-order valence-electron chi connectivity index (χ0n) is 15.1. The maximum Gasteiger partial charge on any atom is 0.0112 e. The van der Waals surface area contributed by atoms with Gasteiger partial charge in [0, 0.05) is 18.6 Å². The summed E-state index contributed by atoms with van der Waals surface area (Å²) < 4.78 is 0. The van der Waals surface area contributed by atoms with E-state index in [0.717, 1.165) is 42.3 Å². The maximum absolute atomic E-state index is 3.80. The lowest BCUT2D eigenvalue weighted by Crippen LogP contribution is -2.49. The van der Waals surface area contributed by atoms with Crippen LogP contribution in [0.5, 0.6) is 0 Å². The Morgan fingerprint density at radius 1 is 1.14 bits per heavy atom. The highest BCUT2D eigenvalue weighted by Gasteiger charge is 2.37. The molecule has 1 N–H and O–H groups in total. The lowest BCUT2D eigenvalue weighted by Gasteiger charge is -2.42. The normalized spacial score (nSPS) is 33.9. The van der Waals surface area contributed by atoms with E-state index in [-0.39, 0.29) is 0 Å². The third-order valence-corrected chi connectivity index (χ3v) is 5.65. The highest BCUT2D eigenvalue weighted by Crippen LogP contribution is 2.37. The summed E-state index contributed by atoms with van der Waals surface area (Å²) in [4.78, 5) is 2.83. The zero-order valence-corrected chi connectivity index (χ0v) is 15.1. The van der Waals surface area contributed by atoms with Crippen molar-refractivity contribution in [3.63, 3.8) is 0 Å². The number of rotatable bonds is 8. The van der Waals surface area contributed by atoms with E-state index in [4.69, 9.17) is 0 Å². The van der Waals surface area contributed by atoms with Crippen molar-refractivity contribution < 1.29 is 0 Å². The van der Waals surface area contributed by atoms with E-state index in [0.29, 0.717) is 0 Å². The van der Waals surface area contributed by atoms with Crippen molar-refractivity contribution in [2.75, 3.05) is 19.6 Å². The fourth-order valence-electron chi connectivity index (χ4n) is 4.27. The van der Waals surface area contributed by atoms with E-state index >= 15 is 0 Å². The van der Waals surface area contributed by atoms with Gasteiger partial charge in [-0.3, -0.25) is 0 Å². The van der Waals surface area contributed by atoms with Crippen LogP contribution < -0.4 is 5.32 Å². The SMILES string of the molecule is CCNC1CC(C)CC(C)C1CN(CCC(C)C)C1CC1. The van der Waals surface area contributed by atoms with Crippen molar-refractivity contribution in [3.8, 4) is 0 Å². The first-order valence-corrected chi connectivity index (χ1v) is 9.48. The van der Waals surface area contributed by atoms with Crippen molar-refractivity contribution in [2.45, 2.75) is 78.8 Å². The van der Waals surface area contributed by atoms with Crippen molar-refractivity contribution in [1.82, 2.24) is 10.2 Å². The van der Waals surface area contributed by atoms with Crippen LogP contribution in [0.3, 0.4) is 0 Å². The van der Waals surface area contributed by atoms with E-state index in [9.17, 15) is 0 Å². The minimum atomic E-state index is 0.744. The van der Waals surface area contributed by atoms with E-state index in [2.05, 4.69) is 44.8 Å². The largest absolute Gasteiger partial charge is 0.314 e. The summed E-state index contributed by atoms with van der Waals surface area (Å²) in [5, 5.41) is 3.80. The van der Waals surface area contributed by atoms with Crippen LogP contribution >= 0.6 is 0 Å². The van der Waals surface area contributed by atoms with Crippen LogP contribution in [0.1, 0.15) is 66.7 Å². The quantitative estimate of drug-likeness (QED) is 0.723. The average molecular weight is 295 g/mol. The Balaban J connectivity index is 1.95. The Morgan fingerprint density at radius 3 is 2.43 bits per heavy atom. The molecule has 0 heterocycles. The Labute approximate surface area is 133 Å². The van der Waals surface area contributed by atoms with Crippen LogP contribution in [0.2, 0.25) is 0 Å². The summed E-state index contributed by atoms with van der Waals surface area (Å²) in [5.74, 6) is 3.46. The summed E-state index contributed by atoms with van der Waals surface area (Å²) in [5.41, 5.74) is 0. The van der Waals surface area contributed by atoms with Gasteiger partial charge in [0.05, 0.1) is 0 Å². The minimum Gasteiger partial charge on any atom is -0.314 e. The Hall–Kier alpha value is -0.0800. The van der Waals surface area contributed by atoms with Gasteiger partial charge in [-0.1, -0.05) is 34.6 Å². The monoisotopic (exact) mass is 294 g/mol. The lowest BCUT2D eigenvalue weighted by atomic mass is 9.72. The molecule has 21 heavy (non-hydrogen) atoms. The van der Waals surface area contributed by atoms with Gasteiger partial charge in [0.2, 0.25) is 0 Å². The predicted octanol–water partition coefficient (Wildman–Crippen LogP) is 4.16. The van der Waals surface area contributed by atoms with Crippen molar-refractivity contribution in [1.29, 1.82) is 0 Å². The van der Waals surface area contributed by atoms with Crippen LogP contribution in [0.25, 0.3) is 0 Å². The molecule has 2 rings (SSSR count). The molecule has 0 aromatic heterocycles. The third kappa shape index (κ3) is 5.25. The van der Waals surface area contributed by atoms with Crippen molar-refractivity contribution >= 4 is 0 Å². The summed E-state index contributed by atoms with van der Waals surface area (Å²) in [7, 11) is 0.